The smallest absolute Gasteiger partial charge is 0.325 e. The van der Waals surface area contributed by atoms with E-state index in [0.717, 1.165) is 18.8 Å². The van der Waals surface area contributed by atoms with Crippen molar-refractivity contribution in [1.29, 1.82) is 0 Å². The Hall–Kier alpha value is -1.17. The van der Waals surface area contributed by atoms with Crippen molar-refractivity contribution in [2.24, 2.45) is 11.7 Å². The van der Waals surface area contributed by atoms with Crippen molar-refractivity contribution < 1.29 is 19.1 Å². The van der Waals surface area contributed by atoms with Crippen molar-refractivity contribution in [2.75, 3.05) is 12.8 Å². The molecule has 1 aromatic heterocycles. The summed E-state index contributed by atoms with van der Waals surface area (Å²) in [4.78, 5) is 20.6. The summed E-state index contributed by atoms with van der Waals surface area (Å²) < 4.78 is 17.1. The third-order valence-corrected chi connectivity index (χ3v) is 7.93. The molecule has 0 aliphatic heterocycles. The highest BCUT2D eigenvalue weighted by Crippen LogP contribution is 2.37. The molecule has 0 bridgehead atoms. The topological polar surface area (TPSA) is 92.8 Å². The van der Waals surface area contributed by atoms with Crippen LogP contribution in [0.4, 0.5) is 0 Å². The van der Waals surface area contributed by atoms with Gasteiger partial charge in [0.15, 0.2) is 0 Å². The summed E-state index contributed by atoms with van der Waals surface area (Å²) >= 11 is 1.74. The highest BCUT2D eigenvalue weighted by molar-refractivity contribution is 7.51. The maximum Gasteiger partial charge on any atom is 0.325 e. The van der Waals surface area contributed by atoms with Gasteiger partial charge in [-0.1, -0.05) is 19.3 Å². The third-order valence-electron chi connectivity index (χ3n) is 5.93. The lowest BCUT2D eigenvalue weighted by molar-refractivity contribution is 0.209. The summed E-state index contributed by atoms with van der Waals surface area (Å²) in [5.41, 5.74) is 6.83. The van der Waals surface area contributed by atoms with Crippen molar-refractivity contribution in [2.45, 2.75) is 63.8 Å². The summed E-state index contributed by atoms with van der Waals surface area (Å²) in [6.07, 6.45) is 8.27. The van der Waals surface area contributed by atoms with Gasteiger partial charge in [0.2, 0.25) is 0 Å². The van der Waals surface area contributed by atoms with Gasteiger partial charge in [-0.25, -0.2) is 0 Å². The lowest BCUT2D eigenvalue weighted by atomic mass is 9.90. The highest BCUT2D eigenvalue weighted by atomic mass is 32.1. The van der Waals surface area contributed by atoms with E-state index in [-0.39, 0.29) is 6.16 Å². The van der Waals surface area contributed by atoms with Crippen LogP contribution < -0.4 is 10.5 Å². The normalized spacial score (nSPS) is 17.6. The molecule has 7 heteroatoms. The molecule has 0 spiro atoms. The molecule has 166 valence electrons. The Kier molecular flexibility index (Phi) is 8.17. The molecule has 3 rings (SSSR count). The molecule has 1 aromatic carbocycles. The molecular formula is C23H34NO4PS. The van der Waals surface area contributed by atoms with Crippen LogP contribution in [-0.4, -0.2) is 28.1 Å². The zero-order valence-corrected chi connectivity index (χ0v) is 19.5. The second kappa shape index (κ2) is 10.4. The average molecular weight is 452 g/mol. The van der Waals surface area contributed by atoms with E-state index in [1.54, 1.807) is 11.3 Å². The molecule has 1 heterocycles. The molecule has 0 saturated heterocycles. The molecule has 1 atom stereocenters. The van der Waals surface area contributed by atoms with E-state index in [0.29, 0.717) is 18.8 Å². The number of hydrogen-bond donors (Lipinski definition) is 3. The highest BCUT2D eigenvalue weighted by Gasteiger charge is 2.24. The number of aryl methyl sites for hydroxylation is 1. The zero-order valence-electron chi connectivity index (χ0n) is 17.8. The Bertz CT molecular complexity index is 837. The van der Waals surface area contributed by atoms with Crippen LogP contribution in [-0.2, 0) is 11.0 Å². The van der Waals surface area contributed by atoms with Crippen LogP contribution in [0.15, 0.2) is 36.4 Å². The van der Waals surface area contributed by atoms with E-state index >= 15 is 0 Å². The fourth-order valence-corrected chi connectivity index (χ4v) is 5.70. The number of benzene rings is 1. The molecule has 1 aliphatic carbocycles. The largest absolute Gasteiger partial charge is 0.493 e. The Morgan fingerprint density at radius 3 is 2.47 bits per heavy atom. The Morgan fingerprint density at radius 1 is 1.10 bits per heavy atom. The molecule has 0 amide bonds. The predicted octanol–water partition coefficient (Wildman–Crippen LogP) is 5.59. The first-order valence-corrected chi connectivity index (χ1v) is 13.5. The van der Waals surface area contributed by atoms with Crippen LogP contribution in [0.3, 0.4) is 0 Å². The van der Waals surface area contributed by atoms with E-state index < -0.39 is 13.1 Å². The first-order chi connectivity index (χ1) is 14.2. The maximum absolute atomic E-state index is 11.1. The van der Waals surface area contributed by atoms with Crippen molar-refractivity contribution in [3.63, 3.8) is 0 Å². The minimum atomic E-state index is -4.00. The SMILES string of the molecule is CC(N)(CCc1ccc(-c2ccc(OCC3CCCCC3)cc2)s1)CCP(=O)(O)O. The molecule has 2 aromatic rings. The Balaban J connectivity index is 1.49. The monoisotopic (exact) mass is 451 g/mol. The molecule has 30 heavy (non-hydrogen) atoms. The van der Waals surface area contributed by atoms with E-state index in [1.807, 2.05) is 6.92 Å². The minimum absolute atomic E-state index is 0.162. The standard InChI is InChI=1S/C23H34NO4PS/c1-23(24,15-16-29(25,26)27)14-13-21-11-12-22(30-21)19-7-9-20(10-8-19)28-17-18-5-3-2-4-6-18/h7-12,18H,2-6,13-17,24H2,1H3,(H2,25,26,27). The molecule has 0 radical (unpaired) electrons. The Morgan fingerprint density at radius 2 is 1.80 bits per heavy atom. The zero-order chi connectivity index (χ0) is 21.6. The molecule has 1 aliphatic rings. The van der Waals surface area contributed by atoms with Gasteiger partial charge in [-0.3, -0.25) is 4.57 Å². The van der Waals surface area contributed by atoms with Gasteiger partial charge in [0, 0.05) is 15.3 Å². The van der Waals surface area contributed by atoms with Crippen LogP contribution in [0, 0.1) is 5.92 Å². The van der Waals surface area contributed by atoms with Gasteiger partial charge in [0.1, 0.15) is 5.75 Å². The van der Waals surface area contributed by atoms with E-state index in [1.165, 1.54) is 47.4 Å². The Labute approximate surface area is 183 Å². The molecule has 4 N–H and O–H groups in total. The van der Waals surface area contributed by atoms with Crippen molar-refractivity contribution in [3.05, 3.63) is 41.3 Å². The van der Waals surface area contributed by atoms with E-state index in [4.69, 9.17) is 20.3 Å². The molecule has 1 saturated carbocycles. The minimum Gasteiger partial charge on any atom is -0.493 e. The van der Waals surface area contributed by atoms with Crippen LogP contribution >= 0.6 is 18.9 Å². The lowest BCUT2D eigenvalue weighted by Gasteiger charge is -2.24. The second-order valence-electron chi connectivity index (χ2n) is 8.90. The second-order valence-corrected chi connectivity index (χ2v) is 11.8. The van der Waals surface area contributed by atoms with E-state index in [9.17, 15) is 4.57 Å². The fourth-order valence-electron chi connectivity index (χ4n) is 3.89. The van der Waals surface area contributed by atoms with Gasteiger partial charge in [-0.15, -0.1) is 11.3 Å². The van der Waals surface area contributed by atoms with E-state index in [2.05, 4.69) is 36.4 Å². The fraction of sp³-hybridized carbons (Fsp3) is 0.565. The van der Waals surface area contributed by atoms with Gasteiger partial charge in [0.05, 0.1) is 12.8 Å². The van der Waals surface area contributed by atoms with Crippen molar-refractivity contribution >= 4 is 18.9 Å². The number of nitrogens with two attached hydrogens (primary N) is 1. The first-order valence-electron chi connectivity index (χ1n) is 10.9. The van der Waals surface area contributed by atoms with Crippen LogP contribution in [0.1, 0.15) is 56.7 Å². The van der Waals surface area contributed by atoms with Gasteiger partial charge in [-0.2, -0.15) is 0 Å². The number of ether oxygens (including phenoxy) is 1. The summed E-state index contributed by atoms with van der Waals surface area (Å²) in [5.74, 6) is 1.64. The predicted molar refractivity (Wildman–Crippen MR) is 124 cm³/mol. The van der Waals surface area contributed by atoms with Gasteiger partial charge in [0.25, 0.3) is 0 Å². The summed E-state index contributed by atoms with van der Waals surface area (Å²) in [6, 6.07) is 12.6. The van der Waals surface area contributed by atoms with Gasteiger partial charge >= 0.3 is 7.60 Å². The molecular weight excluding hydrogens is 417 g/mol. The summed E-state index contributed by atoms with van der Waals surface area (Å²) in [6.45, 7) is 2.69. The van der Waals surface area contributed by atoms with Crippen LogP contribution in [0.25, 0.3) is 10.4 Å². The first kappa shape index (κ1) is 23.5. The quantitative estimate of drug-likeness (QED) is 0.409. The molecule has 5 nitrogen and oxygen atoms in total. The molecule has 1 fully saturated rings. The van der Waals surface area contributed by atoms with Crippen LogP contribution in [0.5, 0.6) is 5.75 Å². The average Bonchev–Trinajstić information content (AvgIpc) is 3.19. The molecule has 1 unspecified atom stereocenters. The van der Waals surface area contributed by atoms with Crippen LogP contribution in [0.2, 0.25) is 0 Å². The summed E-state index contributed by atoms with van der Waals surface area (Å²) in [5, 5.41) is 0. The number of thiophene rings is 1. The van der Waals surface area contributed by atoms with Crippen molar-refractivity contribution in [3.8, 4) is 16.2 Å². The number of hydrogen-bond acceptors (Lipinski definition) is 4. The van der Waals surface area contributed by atoms with Gasteiger partial charge in [-0.05, 0) is 86.9 Å². The third kappa shape index (κ3) is 7.82. The van der Waals surface area contributed by atoms with Gasteiger partial charge < -0.3 is 20.3 Å². The number of rotatable bonds is 10. The summed E-state index contributed by atoms with van der Waals surface area (Å²) in [7, 11) is -4.00. The maximum atomic E-state index is 11.1. The lowest BCUT2D eigenvalue weighted by Crippen LogP contribution is -2.37. The van der Waals surface area contributed by atoms with Crippen molar-refractivity contribution in [1.82, 2.24) is 0 Å².